The van der Waals surface area contributed by atoms with Gasteiger partial charge in [-0.2, -0.15) is 0 Å². The first-order chi connectivity index (χ1) is 14.2. The summed E-state index contributed by atoms with van der Waals surface area (Å²) in [6, 6.07) is 33.8. The topological polar surface area (TPSA) is 48.0 Å². The van der Waals surface area contributed by atoms with Gasteiger partial charge < -0.3 is 10.3 Å². The SMILES string of the molecule is NC(=O)c1cccc2c1c1[c]cccc1n2Cc1ccccc1-c1ccccc1. The third-order valence-electron chi connectivity index (χ3n) is 5.40. The molecule has 0 saturated heterocycles. The van der Waals surface area contributed by atoms with Crippen LogP contribution in [0.25, 0.3) is 32.9 Å². The summed E-state index contributed by atoms with van der Waals surface area (Å²) in [7, 11) is 0. The summed E-state index contributed by atoms with van der Waals surface area (Å²) >= 11 is 0. The van der Waals surface area contributed by atoms with Crippen molar-refractivity contribution in [3.05, 3.63) is 108 Å². The first kappa shape index (κ1) is 17.3. The molecule has 1 aromatic heterocycles. The van der Waals surface area contributed by atoms with Crippen molar-refractivity contribution in [2.24, 2.45) is 5.73 Å². The van der Waals surface area contributed by atoms with Crippen LogP contribution in [0.5, 0.6) is 0 Å². The molecule has 5 rings (SSSR count). The Balaban J connectivity index is 1.76. The third-order valence-corrected chi connectivity index (χ3v) is 5.40. The Kier molecular flexibility index (Phi) is 4.14. The van der Waals surface area contributed by atoms with Gasteiger partial charge in [0.15, 0.2) is 0 Å². The molecule has 0 aliphatic rings. The molecule has 3 nitrogen and oxygen atoms in total. The van der Waals surface area contributed by atoms with Crippen LogP contribution in [0.4, 0.5) is 0 Å². The number of carbonyl (C=O) groups is 1. The second-order valence-corrected chi connectivity index (χ2v) is 7.10. The molecule has 4 aromatic carbocycles. The largest absolute Gasteiger partial charge is 0.366 e. The quantitative estimate of drug-likeness (QED) is 0.449. The van der Waals surface area contributed by atoms with Gasteiger partial charge in [0.2, 0.25) is 5.91 Å². The van der Waals surface area contributed by atoms with Crippen LogP contribution in [0, 0.1) is 6.07 Å². The van der Waals surface area contributed by atoms with Gasteiger partial charge in [0.25, 0.3) is 0 Å². The van der Waals surface area contributed by atoms with Crippen LogP contribution < -0.4 is 5.73 Å². The summed E-state index contributed by atoms with van der Waals surface area (Å²) < 4.78 is 2.25. The Labute approximate surface area is 169 Å². The molecule has 0 atom stereocenters. The normalized spacial score (nSPS) is 11.2. The van der Waals surface area contributed by atoms with Gasteiger partial charge >= 0.3 is 0 Å². The van der Waals surface area contributed by atoms with Gasteiger partial charge in [0.1, 0.15) is 0 Å². The van der Waals surface area contributed by atoms with Crippen molar-refractivity contribution in [1.82, 2.24) is 4.57 Å². The number of hydrogen-bond acceptors (Lipinski definition) is 1. The van der Waals surface area contributed by atoms with Crippen LogP contribution in [0.1, 0.15) is 15.9 Å². The van der Waals surface area contributed by atoms with Gasteiger partial charge in [-0.3, -0.25) is 4.79 Å². The molecule has 2 N–H and O–H groups in total. The standard InChI is InChI=1S/C26H19N2O/c27-26(29)22-14-8-16-24-25(22)21-13-6-7-15-23(21)28(24)17-19-11-4-5-12-20(19)18-9-2-1-3-10-18/h1-12,14-16H,17H2,(H2,27,29). The van der Waals surface area contributed by atoms with Gasteiger partial charge in [0, 0.05) is 22.9 Å². The van der Waals surface area contributed by atoms with Crippen LogP contribution >= 0.6 is 0 Å². The van der Waals surface area contributed by atoms with Gasteiger partial charge in [-0.05, 0) is 41.0 Å². The summed E-state index contributed by atoms with van der Waals surface area (Å²) in [4.78, 5) is 12.1. The predicted molar refractivity (Wildman–Crippen MR) is 118 cm³/mol. The molecule has 0 aliphatic carbocycles. The maximum Gasteiger partial charge on any atom is 0.249 e. The first-order valence-electron chi connectivity index (χ1n) is 9.59. The molecule has 0 saturated carbocycles. The van der Waals surface area contributed by atoms with E-state index < -0.39 is 5.91 Å². The minimum Gasteiger partial charge on any atom is -0.366 e. The van der Waals surface area contributed by atoms with Crippen molar-refractivity contribution in [3.63, 3.8) is 0 Å². The maximum absolute atomic E-state index is 12.1. The number of aromatic nitrogens is 1. The highest BCUT2D eigenvalue weighted by atomic mass is 16.1. The molecule has 29 heavy (non-hydrogen) atoms. The van der Waals surface area contributed by atoms with Crippen molar-refractivity contribution < 1.29 is 4.79 Å². The average molecular weight is 375 g/mol. The zero-order valence-electron chi connectivity index (χ0n) is 15.8. The summed E-state index contributed by atoms with van der Waals surface area (Å²) in [5.41, 5.74) is 11.8. The zero-order valence-corrected chi connectivity index (χ0v) is 15.8. The summed E-state index contributed by atoms with van der Waals surface area (Å²) in [6.07, 6.45) is 0. The molecular weight excluding hydrogens is 356 g/mol. The fraction of sp³-hybridized carbons (Fsp3) is 0.0385. The van der Waals surface area contributed by atoms with Gasteiger partial charge in [-0.25, -0.2) is 0 Å². The molecule has 1 radical (unpaired) electrons. The van der Waals surface area contributed by atoms with Crippen LogP contribution in [0.3, 0.4) is 0 Å². The lowest BCUT2D eigenvalue weighted by atomic mass is 9.99. The number of nitrogens with two attached hydrogens (primary N) is 1. The molecule has 1 heterocycles. The van der Waals surface area contributed by atoms with E-state index in [0.717, 1.165) is 21.8 Å². The lowest BCUT2D eigenvalue weighted by Gasteiger charge is -2.13. The number of hydrogen-bond donors (Lipinski definition) is 1. The van der Waals surface area contributed by atoms with E-state index in [9.17, 15) is 4.79 Å². The van der Waals surface area contributed by atoms with E-state index >= 15 is 0 Å². The van der Waals surface area contributed by atoms with E-state index in [2.05, 4.69) is 65.2 Å². The summed E-state index contributed by atoms with van der Waals surface area (Å²) in [5, 5.41) is 1.79. The van der Waals surface area contributed by atoms with Crippen LogP contribution in [0.15, 0.2) is 91.0 Å². The summed E-state index contributed by atoms with van der Waals surface area (Å²) in [5.74, 6) is -0.420. The lowest BCUT2D eigenvalue weighted by Crippen LogP contribution is -2.11. The Morgan fingerprint density at radius 1 is 0.828 bits per heavy atom. The smallest absolute Gasteiger partial charge is 0.249 e. The van der Waals surface area contributed by atoms with Crippen LogP contribution in [-0.2, 0) is 6.54 Å². The Morgan fingerprint density at radius 3 is 2.41 bits per heavy atom. The van der Waals surface area contributed by atoms with Crippen molar-refractivity contribution in [1.29, 1.82) is 0 Å². The molecule has 3 heteroatoms. The highest BCUT2D eigenvalue weighted by Crippen LogP contribution is 2.33. The minimum absolute atomic E-state index is 0.420. The maximum atomic E-state index is 12.1. The number of amides is 1. The second-order valence-electron chi connectivity index (χ2n) is 7.10. The number of primary amides is 1. The van der Waals surface area contributed by atoms with Gasteiger partial charge in [-0.1, -0.05) is 72.8 Å². The number of carbonyl (C=O) groups excluding carboxylic acids is 1. The average Bonchev–Trinajstić information content (AvgIpc) is 3.09. The van der Waals surface area contributed by atoms with E-state index in [4.69, 9.17) is 5.73 Å². The predicted octanol–water partition coefficient (Wildman–Crippen LogP) is 5.41. The molecule has 5 aromatic rings. The van der Waals surface area contributed by atoms with Crippen molar-refractivity contribution >= 4 is 27.7 Å². The molecule has 0 spiro atoms. The Morgan fingerprint density at radius 2 is 1.59 bits per heavy atom. The number of benzene rings is 4. The highest BCUT2D eigenvalue weighted by molar-refractivity contribution is 6.17. The zero-order chi connectivity index (χ0) is 19.8. The fourth-order valence-corrected chi connectivity index (χ4v) is 4.11. The monoisotopic (exact) mass is 375 g/mol. The Hall–Kier alpha value is -3.85. The molecule has 0 fully saturated rings. The van der Waals surface area contributed by atoms with Gasteiger partial charge in [-0.15, -0.1) is 0 Å². The van der Waals surface area contributed by atoms with Crippen molar-refractivity contribution in [3.8, 4) is 11.1 Å². The molecular formula is C26H19N2O. The van der Waals surface area contributed by atoms with E-state index in [1.807, 2.05) is 30.3 Å². The van der Waals surface area contributed by atoms with E-state index in [1.165, 1.54) is 16.7 Å². The molecule has 0 aliphatic heterocycles. The van der Waals surface area contributed by atoms with Crippen LogP contribution in [-0.4, -0.2) is 10.5 Å². The van der Waals surface area contributed by atoms with Crippen molar-refractivity contribution in [2.45, 2.75) is 6.54 Å². The minimum atomic E-state index is -0.420. The second kappa shape index (κ2) is 6.95. The highest BCUT2D eigenvalue weighted by Gasteiger charge is 2.17. The third kappa shape index (κ3) is 2.88. The first-order valence-corrected chi connectivity index (χ1v) is 9.59. The molecule has 0 bridgehead atoms. The summed E-state index contributed by atoms with van der Waals surface area (Å²) in [6.45, 7) is 0.686. The molecule has 1 amide bonds. The fourth-order valence-electron chi connectivity index (χ4n) is 4.11. The van der Waals surface area contributed by atoms with Crippen molar-refractivity contribution in [2.75, 3.05) is 0 Å². The van der Waals surface area contributed by atoms with E-state index in [0.29, 0.717) is 12.1 Å². The van der Waals surface area contributed by atoms with E-state index in [1.54, 1.807) is 6.07 Å². The van der Waals surface area contributed by atoms with E-state index in [-0.39, 0.29) is 0 Å². The lowest BCUT2D eigenvalue weighted by molar-refractivity contribution is 0.100. The molecule has 0 unspecified atom stereocenters. The number of nitrogens with zero attached hydrogens (tertiary/aromatic N) is 1. The van der Waals surface area contributed by atoms with Crippen LogP contribution in [0.2, 0.25) is 0 Å². The number of rotatable bonds is 4. The Bertz CT molecular complexity index is 1350. The number of fused-ring (bicyclic) bond motifs is 3. The molecule has 139 valence electrons. The van der Waals surface area contributed by atoms with Gasteiger partial charge in [0.05, 0.1) is 11.0 Å².